The summed E-state index contributed by atoms with van der Waals surface area (Å²) in [4.78, 5) is 3.47. The van der Waals surface area contributed by atoms with Crippen LogP contribution in [0, 0.1) is 5.82 Å². The van der Waals surface area contributed by atoms with Gasteiger partial charge in [-0.15, -0.1) is 0 Å². The fourth-order valence-corrected chi connectivity index (χ4v) is 1.40. The van der Waals surface area contributed by atoms with Gasteiger partial charge in [-0.05, 0) is 22.9 Å². The summed E-state index contributed by atoms with van der Waals surface area (Å²) in [6.45, 7) is 1.44. The summed E-state index contributed by atoms with van der Waals surface area (Å²) in [6.07, 6.45) is 0.880. The Labute approximate surface area is 89.4 Å². The van der Waals surface area contributed by atoms with Gasteiger partial charge in [0.25, 0.3) is 0 Å². The third-order valence-electron chi connectivity index (χ3n) is 1.35. The smallest absolute Gasteiger partial charge is 0.310 e. The van der Waals surface area contributed by atoms with Gasteiger partial charge in [0.1, 0.15) is 0 Å². The zero-order chi connectivity index (χ0) is 10.8. The first-order chi connectivity index (χ1) is 6.44. The van der Waals surface area contributed by atoms with E-state index in [0.717, 1.165) is 12.3 Å². The molecule has 0 spiro atoms. The maximum absolute atomic E-state index is 12.7. The molecule has 0 unspecified atom stereocenters. The lowest BCUT2D eigenvalue weighted by molar-refractivity contribution is 0.474. The molecule has 0 fully saturated rings. The third-order valence-corrected chi connectivity index (χ3v) is 3.09. The highest BCUT2D eigenvalue weighted by Crippen LogP contribution is 2.19. The van der Waals surface area contributed by atoms with E-state index in [-0.39, 0.29) is 16.1 Å². The highest BCUT2D eigenvalue weighted by molar-refractivity contribution is 9.10. The summed E-state index contributed by atoms with van der Waals surface area (Å²) < 4.78 is 39.3. The predicted octanol–water partition coefficient (Wildman–Crippen LogP) is 1.71. The molecule has 0 aromatic carbocycles. The van der Waals surface area contributed by atoms with Gasteiger partial charge in [0.2, 0.25) is 5.88 Å². The molecule has 4 nitrogen and oxygen atoms in total. The van der Waals surface area contributed by atoms with Gasteiger partial charge in [-0.25, -0.2) is 9.37 Å². The minimum atomic E-state index is -3.61. The largest absolute Gasteiger partial charge is 0.362 e. The molecule has 1 aromatic rings. The van der Waals surface area contributed by atoms with Crippen LogP contribution in [-0.4, -0.2) is 19.2 Å². The first-order valence-electron chi connectivity index (χ1n) is 3.68. The summed E-state index contributed by atoms with van der Waals surface area (Å²) in [6, 6.07) is 1.16. The molecule has 0 amide bonds. The van der Waals surface area contributed by atoms with Crippen molar-refractivity contribution in [2.45, 2.75) is 6.92 Å². The summed E-state index contributed by atoms with van der Waals surface area (Å²) >= 11 is 2.89. The Hall–Kier alpha value is -0.690. The molecule has 14 heavy (non-hydrogen) atoms. The third kappa shape index (κ3) is 2.91. The molecular formula is C7H7BrFNO3S. The van der Waals surface area contributed by atoms with Gasteiger partial charge in [0.05, 0.1) is 16.4 Å². The molecule has 1 aromatic heterocycles. The van der Waals surface area contributed by atoms with E-state index >= 15 is 0 Å². The van der Waals surface area contributed by atoms with E-state index in [1.54, 1.807) is 0 Å². The molecular weight excluding hydrogens is 277 g/mol. The summed E-state index contributed by atoms with van der Waals surface area (Å²) in [5.74, 6) is -0.893. The standard InChI is InChI=1S/C7H7BrFNO3S/c1-2-14(11,12)13-7-3-5(8)6(9)4-10-7/h3-4H,2H2,1H3. The van der Waals surface area contributed by atoms with Crippen LogP contribution in [0.1, 0.15) is 6.92 Å². The zero-order valence-corrected chi connectivity index (χ0v) is 9.60. The molecule has 0 bridgehead atoms. The van der Waals surface area contributed by atoms with Crippen molar-refractivity contribution in [1.29, 1.82) is 0 Å². The van der Waals surface area contributed by atoms with E-state index in [4.69, 9.17) is 0 Å². The molecule has 0 aliphatic rings. The van der Waals surface area contributed by atoms with Crippen molar-refractivity contribution in [2.75, 3.05) is 5.75 Å². The van der Waals surface area contributed by atoms with Crippen LogP contribution in [0.3, 0.4) is 0 Å². The van der Waals surface area contributed by atoms with Gasteiger partial charge < -0.3 is 4.18 Å². The lowest BCUT2D eigenvalue weighted by atomic mass is 10.5. The van der Waals surface area contributed by atoms with Crippen molar-refractivity contribution in [1.82, 2.24) is 4.98 Å². The molecule has 0 radical (unpaired) electrons. The maximum Gasteiger partial charge on any atom is 0.310 e. The number of pyridine rings is 1. The Kier molecular flexibility index (Phi) is 3.43. The van der Waals surface area contributed by atoms with Gasteiger partial charge in [0, 0.05) is 6.07 Å². The quantitative estimate of drug-likeness (QED) is 0.793. The zero-order valence-electron chi connectivity index (χ0n) is 7.20. The van der Waals surface area contributed by atoms with Crippen molar-refractivity contribution < 1.29 is 17.0 Å². The van der Waals surface area contributed by atoms with Crippen LogP contribution in [0.4, 0.5) is 4.39 Å². The molecule has 0 saturated carbocycles. The first kappa shape index (κ1) is 11.4. The van der Waals surface area contributed by atoms with Crippen LogP contribution < -0.4 is 4.18 Å². The second-order valence-electron chi connectivity index (χ2n) is 2.37. The fraction of sp³-hybridized carbons (Fsp3) is 0.286. The van der Waals surface area contributed by atoms with Crippen LogP contribution in [-0.2, 0) is 10.1 Å². The Morgan fingerprint density at radius 1 is 1.64 bits per heavy atom. The second kappa shape index (κ2) is 4.22. The van der Waals surface area contributed by atoms with Crippen molar-refractivity contribution in [3.05, 3.63) is 22.6 Å². The van der Waals surface area contributed by atoms with Crippen molar-refractivity contribution in [3.63, 3.8) is 0 Å². The molecule has 1 heterocycles. The van der Waals surface area contributed by atoms with Gasteiger partial charge in [0.15, 0.2) is 5.82 Å². The van der Waals surface area contributed by atoms with E-state index in [1.807, 2.05) is 0 Å². The normalized spacial score (nSPS) is 11.4. The highest BCUT2D eigenvalue weighted by Gasteiger charge is 2.11. The number of hydrogen-bond donors (Lipinski definition) is 0. The van der Waals surface area contributed by atoms with E-state index in [2.05, 4.69) is 25.1 Å². The Bertz CT molecular complexity index is 435. The first-order valence-corrected chi connectivity index (χ1v) is 6.05. The molecule has 0 aliphatic heterocycles. The average molecular weight is 284 g/mol. The van der Waals surface area contributed by atoms with Crippen LogP contribution in [0.25, 0.3) is 0 Å². The minimum absolute atomic E-state index is 0.105. The van der Waals surface area contributed by atoms with Crippen LogP contribution in [0.5, 0.6) is 5.88 Å². The van der Waals surface area contributed by atoms with Gasteiger partial charge in [-0.2, -0.15) is 8.42 Å². The van der Waals surface area contributed by atoms with Crippen molar-refractivity contribution in [3.8, 4) is 5.88 Å². The number of aromatic nitrogens is 1. The molecule has 0 saturated heterocycles. The molecule has 0 atom stereocenters. The van der Waals surface area contributed by atoms with E-state index < -0.39 is 15.9 Å². The Balaban J connectivity index is 2.94. The molecule has 0 aliphatic carbocycles. The monoisotopic (exact) mass is 283 g/mol. The highest BCUT2D eigenvalue weighted by atomic mass is 79.9. The number of rotatable bonds is 3. The fourth-order valence-electron chi connectivity index (χ4n) is 0.631. The van der Waals surface area contributed by atoms with Gasteiger partial charge >= 0.3 is 10.1 Å². The molecule has 1 rings (SSSR count). The summed E-state index contributed by atoms with van der Waals surface area (Å²) in [5, 5.41) is 0. The van der Waals surface area contributed by atoms with Crippen LogP contribution >= 0.6 is 15.9 Å². The van der Waals surface area contributed by atoms with E-state index in [1.165, 1.54) is 6.92 Å². The topological polar surface area (TPSA) is 56.3 Å². The van der Waals surface area contributed by atoms with Crippen LogP contribution in [0.15, 0.2) is 16.7 Å². The van der Waals surface area contributed by atoms with Gasteiger partial charge in [-0.1, -0.05) is 0 Å². The summed E-state index contributed by atoms with van der Waals surface area (Å²) in [5.41, 5.74) is 0. The summed E-state index contributed by atoms with van der Waals surface area (Å²) in [7, 11) is -3.61. The molecule has 78 valence electrons. The van der Waals surface area contributed by atoms with Gasteiger partial charge in [-0.3, -0.25) is 0 Å². The Morgan fingerprint density at radius 2 is 2.29 bits per heavy atom. The number of hydrogen-bond acceptors (Lipinski definition) is 4. The lowest BCUT2D eigenvalue weighted by Gasteiger charge is -2.03. The van der Waals surface area contributed by atoms with E-state index in [9.17, 15) is 12.8 Å². The molecule has 7 heteroatoms. The lowest BCUT2D eigenvalue weighted by Crippen LogP contribution is -2.12. The average Bonchev–Trinajstić information content (AvgIpc) is 2.11. The van der Waals surface area contributed by atoms with Crippen molar-refractivity contribution in [2.24, 2.45) is 0 Å². The van der Waals surface area contributed by atoms with Crippen molar-refractivity contribution >= 4 is 26.0 Å². The maximum atomic E-state index is 12.7. The Morgan fingerprint density at radius 3 is 2.79 bits per heavy atom. The number of nitrogens with zero attached hydrogens (tertiary/aromatic N) is 1. The predicted molar refractivity (Wildman–Crippen MR) is 52.0 cm³/mol. The minimum Gasteiger partial charge on any atom is -0.362 e. The van der Waals surface area contributed by atoms with Crippen LogP contribution in [0.2, 0.25) is 0 Å². The number of halogens is 2. The molecule has 0 N–H and O–H groups in total. The van der Waals surface area contributed by atoms with E-state index in [0.29, 0.717) is 0 Å². The SMILES string of the molecule is CCS(=O)(=O)Oc1cc(Br)c(F)cn1. The second-order valence-corrected chi connectivity index (χ2v) is 5.08.